The van der Waals surface area contributed by atoms with Gasteiger partial charge in [-0.05, 0) is 58.0 Å². The van der Waals surface area contributed by atoms with Gasteiger partial charge in [-0.3, -0.25) is 4.90 Å². The fourth-order valence-electron chi connectivity index (χ4n) is 3.27. The highest BCUT2D eigenvalue weighted by molar-refractivity contribution is 5.53. The molecule has 1 saturated heterocycles. The van der Waals surface area contributed by atoms with Crippen molar-refractivity contribution in [3.05, 3.63) is 41.8 Å². The molecule has 0 amide bonds. The predicted octanol–water partition coefficient (Wildman–Crippen LogP) is 3.61. The summed E-state index contributed by atoms with van der Waals surface area (Å²) in [4.78, 5) is 7.27. The van der Waals surface area contributed by atoms with Crippen LogP contribution in [-0.4, -0.2) is 35.6 Å². The molecule has 0 atom stereocenters. The van der Waals surface area contributed by atoms with Gasteiger partial charge < -0.3 is 9.73 Å². The highest BCUT2D eigenvalue weighted by atomic mass is 16.3. The average molecular weight is 313 g/mol. The van der Waals surface area contributed by atoms with E-state index in [1.807, 2.05) is 6.26 Å². The van der Waals surface area contributed by atoms with Crippen LogP contribution in [0, 0.1) is 6.92 Å². The molecular formula is C19H27N3O. The van der Waals surface area contributed by atoms with Gasteiger partial charge in [-0.2, -0.15) is 0 Å². The minimum atomic E-state index is 0.663. The zero-order valence-electron chi connectivity index (χ0n) is 14.2. The maximum atomic E-state index is 5.71. The normalized spacial score (nSPS) is 16.1. The lowest BCUT2D eigenvalue weighted by atomic mass is 10.0. The number of piperidine rings is 1. The molecule has 4 nitrogen and oxygen atoms in total. The highest BCUT2D eigenvalue weighted by Crippen LogP contribution is 2.21. The van der Waals surface area contributed by atoms with E-state index in [1.54, 1.807) is 0 Å². The monoisotopic (exact) mass is 313 g/mol. The molecule has 0 unspecified atom stereocenters. The topological polar surface area (TPSA) is 41.3 Å². The maximum absolute atomic E-state index is 5.71. The van der Waals surface area contributed by atoms with E-state index < -0.39 is 0 Å². The van der Waals surface area contributed by atoms with Crippen LogP contribution in [0.3, 0.4) is 0 Å². The van der Waals surface area contributed by atoms with Gasteiger partial charge in [0.2, 0.25) is 5.89 Å². The second-order valence-corrected chi connectivity index (χ2v) is 6.46. The first kappa shape index (κ1) is 16.2. The Hall–Kier alpha value is -1.65. The average Bonchev–Trinajstić information content (AvgIpc) is 3.04. The zero-order valence-corrected chi connectivity index (χ0v) is 14.2. The summed E-state index contributed by atoms with van der Waals surface area (Å²) in [6, 6.07) is 8.99. The number of hydrogen-bond donors (Lipinski definition) is 1. The van der Waals surface area contributed by atoms with E-state index in [0.717, 1.165) is 43.3 Å². The Morgan fingerprint density at radius 1 is 1.22 bits per heavy atom. The van der Waals surface area contributed by atoms with Crippen molar-refractivity contribution in [2.45, 2.75) is 45.7 Å². The largest absolute Gasteiger partial charge is 0.444 e. The third kappa shape index (κ3) is 4.21. The van der Waals surface area contributed by atoms with E-state index >= 15 is 0 Å². The fourth-order valence-corrected chi connectivity index (χ4v) is 3.27. The van der Waals surface area contributed by atoms with Gasteiger partial charge in [-0.25, -0.2) is 4.98 Å². The van der Waals surface area contributed by atoms with Crippen LogP contribution in [0.5, 0.6) is 0 Å². The van der Waals surface area contributed by atoms with Crippen molar-refractivity contribution in [3.63, 3.8) is 0 Å². The van der Waals surface area contributed by atoms with E-state index in [9.17, 15) is 0 Å². The molecule has 124 valence electrons. The number of nitrogens with zero attached hydrogens (tertiary/aromatic N) is 2. The van der Waals surface area contributed by atoms with Crippen molar-refractivity contribution in [1.29, 1.82) is 0 Å². The molecule has 2 heterocycles. The zero-order chi connectivity index (χ0) is 16.1. The lowest BCUT2D eigenvalue weighted by Crippen LogP contribution is -2.43. The van der Waals surface area contributed by atoms with Crippen LogP contribution in [0.1, 0.15) is 37.4 Å². The molecule has 1 aliphatic heterocycles. The Morgan fingerprint density at radius 3 is 2.65 bits per heavy atom. The van der Waals surface area contributed by atoms with Crippen LogP contribution in [0.2, 0.25) is 0 Å². The lowest BCUT2D eigenvalue weighted by molar-refractivity contribution is 0.152. The van der Waals surface area contributed by atoms with Gasteiger partial charge in [-0.15, -0.1) is 0 Å². The van der Waals surface area contributed by atoms with Gasteiger partial charge in [0.1, 0.15) is 6.26 Å². The molecule has 2 aromatic rings. The smallest absolute Gasteiger partial charge is 0.226 e. The second kappa shape index (κ2) is 7.75. The SMILES string of the molecule is CCCN(Cc1coc(-c2ccc(C)cc2)n1)C1CCNCC1. The molecule has 1 N–H and O–H groups in total. The number of hydrogen-bond acceptors (Lipinski definition) is 4. The van der Waals surface area contributed by atoms with Crippen molar-refractivity contribution in [1.82, 2.24) is 15.2 Å². The standard InChI is InChI=1S/C19H27N3O/c1-3-12-22(18-8-10-20-11-9-18)13-17-14-23-19(21-17)16-6-4-15(2)5-7-16/h4-7,14,18,20H,3,8-13H2,1-2H3. The molecule has 1 aliphatic rings. The molecule has 0 bridgehead atoms. The van der Waals surface area contributed by atoms with Gasteiger partial charge >= 0.3 is 0 Å². The molecule has 0 saturated carbocycles. The summed E-state index contributed by atoms with van der Waals surface area (Å²) in [5, 5.41) is 3.44. The minimum absolute atomic E-state index is 0.663. The van der Waals surface area contributed by atoms with Crippen LogP contribution in [0.25, 0.3) is 11.5 Å². The summed E-state index contributed by atoms with van der Waals surface area (Å²) < 4.78 is 5.71. The predicted molar refractivity (Wildman–Crippen MR) is 93.3 cm³/mol. The summed E-state index contributed by atoms with van der Waals surface area (Å²) >= 11 is 0. The molecule has 0 spiro atoms. The Bertz CT molecular complexity index is 599. The van der Waals surface area contributed by atoms with Crippen molar-refractivity contribution < 1.29 is 4.42 Å². The van der Waals surface area contributed by atoms with Crippen LogP contribution in [0.4, 0.5) is 0 Å². The first-order valence-electron chi connectivity index (χ1n) is 8.72. The molecule has 4 heteroatoms. The van der Waals surface area contributed by atoms with Crippen molar-refractivity contribution in [3.8, 4) is 11.5 Å². The summed E-state index contributed by atoms with van der Waals surface area (Å²) in [6.07, 6.45) is 5.44. The van der Waals surface area contributed by atoms with Crippen LogP contribution < -0.4 is 5.32 Å². The van der Waals surface area contributed by atoms with Crippen LogP contribution >= 0.6 is 0 Å². The van der Waals surface area contributed by atoms with Gasteiger partial charge in [-0.1, -0.05) is 24.6 Å². The molecule has 0 aliphatic carbocycles. The Labute approximate surface area is 138 Å². The molecule has 1 aromatic carbocycles. The van der Waals surface area contributed by atoms with Gasteiger partial charge in [0.15, 0.2) is 0 Å². The molecular weight excluding hydrogens is 286 g/mol. The van der Waals surface area contributed by atoms with Crippen LogP contribution in [0.15, 0.2) is 34.9 Å². The lowest BCUT2D eigenvalue weighted by Gasteiger charge is -2.33. The molecule has 1 aromatic heterocycles. The van der Waals surface area contributed by atoms with E-state index in [4.69, 9.17) is 9.40 Å². The van der Waals surface area contributed by atoms with Crippen LogP contribution in [-0.2, 0) is 6.54 Å². The molecule has 1 fully saturated rings. The van der Waals surface area contributed by atoms with E-state index in [1.165, 1.54) is 24.8 Å². The van der Waals surface area contributed by atoms with E-state index in [2.05, 4.69) is 48.3 Å². The van der Waals surface area contributed by atoms with E-state index in [0.29, 0.717) is 6.04 Å². The summed E-state index contributed by atoms with van der Waals surface area (Å²) in [7, 11) is 0. The summed E-state index contributed by atoms with van der Waals surface area (Å²) in [5.74, 6) is 0.724. The van der Waals surface area contributed by atoms with E-state index in [-0.39, 0.29) is 0 Å². The van der Waals surface area contributed by atoms with Gasteiger partial charge in [0.25, 0.3) is 0 Å². The Balaban J connectivity index is 1.69. The second-order valence-electron chi connectivity index (χ2n) is 6.46. The number of rotatable bonds is 6. The summed E-state index contributed by atoms with van der Waals surface area (Å²) in [6.45, 7) is 8.59. The van der Waals surface area contributed by atoms with Crippen molar-refractivity contribution in [2.24, 2.45) is 0 Å². The first-order chi connectivity index (χ1) is 11.3. The number of benzene rings is 1. The third-order valence-corrected chi connectivity index (χ3v) is 4.55. The molecule has 0 radical (unpaired) electrons. The Kier molecular flexibility index (Phi) is 5.47. The highest BCUT2D eigenvalue weighted by Gasteiger charge is 2.21. The Morgan fingerprint density at radius 2 is 1.96 bits per heavy atom. The fraction of sp³-hybridized carbons (Fsp3) is 0.526. The molecule has 23 heavy (non-hydrogen) atoms. The third-order valence-electron chi connectivity index (χ3n) is 4.55. The van der Waals surface area contributed by atoms with Gasteiger partial charge in [0, 0.05) is 18.2 Å². The quantitative estimate of drug-likeness (QED) is 0.884. The molecule has 3 rings (SSSR count). The number of oxazole rings is 1. The van der Waals surface area contributed by atoms with Crippen molar-refractivity contribution in [2.75, 3.05) is 19.6 Å². The minimum Gasteiger partial charge on any atom is -0.444 e. The van der Waals surface area contributed by atoms with Gasteiger partial charge in [0.05, 0.1) is 5.69 Å². The number of aromatic nitrogens is 1. The summed E-state index contributed by atoms with van der Waals surface area (Å²) in [5.41, 5.74) is 3.33. The van der Waals surface area contributed by atoms with Crippen molar-refractivity contribution >= 4 is 0 Å². The maximum Gasteiger partial charge on any atom is 0.226 e. The first-order valence-corrected chi connectivity index (χ1v) is 8.72. The number of aryl methyl sites for hydroxylation is 1. The number of nitrogens with one attached hydrogen (secondary N) is 1.